The second-order valence-electron chi connectivity index (χ2n) is 9.47. The summed E-state index contributed by atoms with van der Waals surface area (Å²) in [5.74, 6) is -1.84. The van der Waals surface area contributed by atoms with E-state index < -0.39 is 30.1 Å². The van der Waals surface area contributed by atoms with Gasteiger partial charge in [0.15, 0.2) is 0 Å². The Morgan fingerprint density at radius 3 is 2.17 bits per heavy atom. The molecule has 2 heterocycles. The van der Waals surface area contributed by atoms with Gasteiger partial charge in [-0.2, -0.15) is 0 Å². The van der Waals surface area contributed by atoms with Crippen molar-refractivity contribution in [2.45, 2.75) is 31.5 Å². The predicted molar refractivity (Wildman–Crippen MR) is 149 cm³/mol. The van der Waals surface area contributed by atoms with Gasteiger partial charge in [0.05, 0.1) is 0 Å². The lowest BCUT2D eigenvalue weighted by molar-refractivity contribution is -0.142. The molecule has 0 aliphatic rings. The van der Waals surface area contributed by atoms with E-state index in [0.717, 1.165) is 27.5 Å². The van der Waals surface area contributed by atoms with E-state index in [0.29, 0.717) is 10.9 Å². The van der Waals surface area contributed by atoms with Crippen LogP contribution >= 0.6 is 0 Å². The van der Waals surface area contributed by atoms with Gasteiger partial charge in [-0.3, -0.25) is 4.79 Å². The van der Waals surface area contributed by atoms with Crippen LogP contribution in [0.1, 0.15) is 16.7 Å². The maximum absolute atomic E-state index is 13.5. The molecule has 0 aliphatic carbocycles. The van der Waals surface area contributed by atoms with Crippen molar-refractivity contribution in [3.05, 3.63) is 102 Å². The van der Waals surface area contributed by atoms with E-state index >= 15 is 0 Å². The van der Waals surface area contributed by atoms with E-state index in [1.165, 1.54) is 6.07 Å². The molecule has 2 atom stereocenters. The van der Waals surface area contributed by atoms with Gasteiger partial charge in [-0.25, -0.2) is 9.59 Å². The largest absolute Gasteiger partial charge is 0.508 e. The first-order valence-corrected chi connectivity index (χ1v) is 12.7. The summed E-state index contributed by atoms with van der Waals surface area (Å²) in [6.07, 6.45) is 2.64. The number of hydrogen-bond acceptors (Lipinski definition) is 5. The number of aliphatic carboxylic acids is 1. The van der Waals surface area contributed by atoms with Crippen molar-refractivity contribution in [3.8, 4) is 5.75 Å². The van der Waals surface area contributed by atoms with E-state index in [9.17, 15) is 24.6 Å². The van der Waals surface area contributed by atoms with Crippen LogP contribution in [0.5, 0.6) is 5.75 Å². The Morgan fingerprint density at radius 1 is 0.775 bits per heavy atom. The molecule has 204 valence electrons. The van der Waals surface area contributed by atoms with Gasteiger partial charge in [0.2, 0.25) is 5.91 Å². The smallest absolute Gasteiger partial charge is 0.408 e. The van der Waals surface area contributed by atoms with Crippen molar-refractivity contribution in [1.82, 2.24) is 20.6 Å². The Labute approximate surface area is 229 Å². The molecular weight excluding hydrogens is 512 g/mol. The zero-order valence-electron chi connectivity index (χ0n) is 21.4. The molecule has 10 nitrogen and oxygen atoms in total. The standard InChI is InChI=1S/C30H28N4O6/c35-21-10-11-25-23(14-21)20(16-32-25)12-26(34-30(39)40-17-18-6-2-1-3-7-18)28(36)33-27(29(37)38)13-19-15-31-24-9-5-4-8-22(19)24/h1-11,14-16,26-27,31-32,35H,12-13,17H2,(H,33,36)(H,34,39)(H,37,38)/t26-,27-/m0/s1. The van der Waals surface area contributed by atoms with Crippen molar-refractivity contribution in [1.29, 1.82) is 0 Å². The molecule has 5 rings (SSSR count). The van der Waals surface area contributed by atoms with Crippen LogP contribution in [0.3, 0.4) is 0 Å². The molecule has 2 aromatic heterocycles. The number of aromatic hydroxyl groups is 1. The highest BCUT2D eigenvalue weighted by Crippen LogP contribution is 2.24. The molecule has 40 heavy (non-hydrogen) atoms. The first-order valence-electron chi connectivity index (χ1n) is 12.7. The minimum atomic E-state index is -1.25. The minimum Gasteiger partial charge on any atom is -0.508 e. The quantitative estimate of drug-likeness (QED) is 0.157. The number of carbonyl (C=O) groups excluding carboxylic acids is 2. The van der Waals surface area contributed by atoms with Crippen molar-refractivity contribution < 1.29 is 29.3 Å². The van der Waals surface area contributed by atoms with Gasteiger partial charge < -0.3 is 35.6 Å². The van der Waals surface area contributed by atoms with E-state index in [2.05, 4.69) is 20.6 Å². The maximum atomic E-state index is 13.5. The number of carbonyl (C=O) groups is 3. The first-order chi connectivity index (χ1) is 19.4. The van der Waals surface area contributed by atoms with E-state index in [-0.39, 0.29) is 25.2 Å². The third kappa shape index (κ3) is 6.07. The normalized spacial score (nSPS) is 12.6. The topological polar surface area (TPSA) is 157 Å². The maximum Gasteiger partial charge on any atom is 0.408 e. The molecule has 0 spiro atoms. The Kier molecular flexibility index (Phi) is 7.68. The van der Waals surface area contributed by atoms with Gasteiger partial charge in [-0.15, -0.1) is 0 Å². The average Bonchev–Trinajstić information content (AvgIpc) is 3.55. The molecular formula is C30H28N4O6. The summed E-state index contributed by atoms with van der Waals surface area (Å²) in [5, 5.41) is 26.6. The lowest BCUT2D eigenvalue weighted by Gasteiger charge is -2.21. The Morgan fingerprint density at radius 2 is 1.43 bits per heavy atom. The number of rotatable bonds is 10. The van der Waals surface area contributed by atoms with Gasteiger partial charge in [0, 0.05) is 47.0 Å². The number of carboxylic acids is 1. The minimum absolute atomic E-state index is 0.000283. The number of ether oxygens (including phenoxy) is 1. The van der Waals surface area contributed by atoms with Crippen LogP contribution in [0.2, 0.25) is 0 Å². The zero-order chi connectivity index (χ0) is 28.1. The number of benzene rings is 3. The number of amides is 2. The van der Waals surface area contributed by atoms with Gasteiger partial charge in [0.1, 0.15) is 24.4 Å². The highest BCUT2D eigenvalue weighted by Gasteiger charge is 2.29. The summed E-state index contributed by atoms with van der Waals surface area (Å²) in [6.45, 7) is 0.000283. The Balaban J connectivity index is 1.35. The first kappa shape index (κ1) is 26.4. The fraction of sp³-hybridized carbons (Fsp3) is 0.167. The van der Waals surface area contributed by atoms with Crippen molar-refractivity contribution in [3.63, 3.8) is 0 Å². The third-order valence-electron chi connectivity index (χ3n) is 6.71. The van der Waals surface area contributed by atoms with Gasteiger partial charge in [0.25, 0.3) is 0 Å². The molecule has 6 N–H and O–H groups in total. The highest BCUT2D eigenvalue weighted by atomic mass is 16.5. The summed E-state index contributed by atoms with van der Waals surface area (Å²) >= 11 is 0. The number of alkyl carbamates (subject to hydrolysis) is 1. The van der Waals surface area contributed by atoms with E-state index in [4.69, 9.17) is 4.74 Å². The summed E-state index contributed by atoms with van der Waals surface area (Å²) < 4.78 is 5.32. The summed E-state index contributed by atoms with van der Waals surface area (Å²) in [5.41, 5.74) is 3.76. The van der Waals surface area contributed by atoms with E-state index in [1.54, 1.807) is 36.7 Å². The number of para-hydroxylation sites is 1. The number of aromatic nitrogens is 2. The average molecular weight is 541 g/mol. The molecule has 0 radical (unpaired) electrons. The van der Waals surface area contributed by atoms with Crippen LogP contribution in [0.25, 0.3) is 21.8 Å². The zero-order valence-corrected chi connectivity index (χ0v) is 21.4. The van der Waals surface area contributed by atoms with Crippen LogP contribution in [0.4, 0.5) is 4.79 Å². The van der Waals surface area contributed by atoms with Crippen LogP contribution in [0, 0.1) is 0 Å². The third-order valence-corrected chi connectivity index (χ3v) is 6.71. The molecule has 2 amide bonds. The van der Waals surface area contributed by atoms with Crippen LogP contribution in [-0.2, 0) is 33.8 Å². The molecule has 0 fully saturated rings. The van der Waals surface area contributed by atoms with Crippen LogP contribution < -0.4 is 10.6 Å². The van der Waals surface area contributed by atoms with Crippen molar-refractivity contribution in [2.24, 2.45) is 0 Å². The SMILES string of the molecule is O=C(N[C@@H](Cc1c[nH]c2ccc(O)cc12)C(=O)N[C@@H](Cc1c[nH]c2ccccc12)C(=O)O)OCc1ccccc1. The molecule has 10 heteroatoms. The lowest BCUT2D eigenvalue weighted by atomic mass is 10.0. The molecule has 3 aromatic carbocycles. The number of nitrogens with one attached hydrogen (secondary N) is 4. The van der Waals surface area contributed by atoms with Crippen molar-refractivity contribution in [2.75, 3.05) is 0 Å². The summed E-state index contributed by atoms with van der Waals surface area (Å²) in [4.78, 5) is 44.5. The monoisotopic (exact) mass is 540 g/mol. The van der Waals surface area contributed by atoms with E-state index in [1.807, 2.05) is 42.5 Å². The fourth-order valence-corrected chi connectivity index (χ4v) is 4.66. The van der Waals surface area contributed by atoms with Crippen LogP contribution in [-0.4, -0.2) is 50.2 Å². The number of fused-ring (bicyclic) bond motifs is 2. The molecule has 0 saturated carbocycles. The molecule has 0 unspecified atom stereocenters. The molecule has 0 bridgehead atoms. The number of hydrogen-bond donors (Lipinski definition) is 6. The number of phenolic OH excluding ortho intramolecular Hbond substituents is 1. The number of phenols is 1. The number of carboxylic acid groups (broad SMARTS) is 1. The second kappa shape index (κ2) is 11.6. The summed E-state index contributed by atoms with van der Waals surface area (Å²) in [7, 11) is 0. The Hall–Kier alpha value is -5.25. The van der Waals surface area contributed by atoms with Crippen molar-refractivity contribution >= 4 is 39.8 Å². The Bertz CT molecular complexity index is 1660. The predicted octanol–water partition coefficient (Wildman–Crippen LogP) is 4.00. The van der Waals surface area contributed by atoms with Gasteiger partial charge in [-0.1, -0.05) is 48.5 Å². The highest BCUT2D eigenvalue weighted by molar-refractivity contribution is 5.92. The van der Waals surface area contributed by atoms with Crippen LogP contribution in [0.15, 0.2) is 85.2 Å². The van der Waals surface area contributed by atoms with Gasteiger partial charge >= 0.3 is 12.1 Å². The second-order valence-corrected chi connectivity index (χ2v) is 9.47. The molecule has 0 aliphatic heterocycles. The van der Waals surface area contributed by atoms with Gasteiger partial charge in [-0.05, 0) is 41.0 Å². The number of H-pyrrole nitrogens is 2. The molecule has 0 saturated heterocycles. The number of aromatic amines is 2. The lowest BCUT2D eigenvalue weighted by Crippen LogP contribution is -2.53. The summed E-state index contributed by atoms with van der Waals surface area (Å²) in [6, 6.07) is 19.0. The fourth-order valence-electron chi connectivity index (χ4n) is 4.66. The molecule has 5 aromatic rings.